The lowest BCUT2D eigenvalue weighted by Gasteiger charge is -2.06. The quantitative estimate of drug-likeness (QED) is 0.482. The highest BCUT2D eigenvalue weighted by molar-refractivity contribution is 5.73. The largest absolute Gasteiger partial charge is 0.508 e. The predicted octanol–water partition coefficient (Wildman–Crippen LogP) is 2.75. The fourth-order valence-corrected chi connectivity index (χ4v) is 1.38. The van der Waals surface area contributed by atoms with E-state index < -0.39 is 0 Å². The van der Waals surface area contributed by atoms with Crippen molar-refractivity contribution in [2.24, 2.45) is 0 Å². The Bertz CT molecular complexity index is 435. The van der Waals surface area contributed by atoms with E-state index in [9.17, 15) is 9.90 Å². The molecule has 0 heterocycles. The highest BCUT2D eigenvalue weighted by Crippen LogP contribution is 2.23. The second kappa shape index (κ2) is 6.54. The van der Waals surface area contributed by atoms with Gasteiger partial charge in [0.1, 0.15) is 11.8 Å². The number of hydrogen-bond donors (Lipinski definition) is 1. The number of ether oxygens (including phenoxy) is 1. The minimum Gasteiger partial charge on any atom is -0.508 e. The van der Waals surface area contributed by atoms with Crippen LogP contribution in [-0.2, 0) is 4.79 Å². The first-order chi connectivity index (χ1) is 8.17. The number of carbonyl (C=O) groups excluding carboxylic acids is 1. The fourth-order valence-electron chi connectivity index (χ4n) is 1.38. The van der Waals surface area contributed by atoms with Gasteiger partial charge in [-0.2, -0.15) is 5.26 Å². The van der Waals surface area contributed by atoms with Crippen molar-refractivity contribution in [3.05, 3.63) is 23.8 Å². The van der Waals surface area contributed by atoms with Crippen LogP contribution in [0.25, 0.3) is 0 Å². The van der Waals surface area contributed by atoms with E-state index in [-0.39, 0.29) is 23.0 Å². The van der Waals surface area contributed by atoms with Crippen LogP contribution < -0.4 is 4.74 Å². The summed E-state index contributed by atoms with van der Waals surface area (Å²) in [5.41, 5.74) is 0.242. The number of rotatable bonds is 5. The second-order valence-corrected chi connectivity index (χ2v) is 3.72. The van der Waals surface area contributed by atoms with Gasteiger partial charge in [0, 0.05) is 12.5 Å². The highest BCUT2D eigenvalue weighted by Gasteiger charge is 2.09. The zero-order valence-corrected chi connectivity index (χ0v) is 9.77. The molecular weight excluding hydrogens is 218 g/mol. The molecule has 1 N–H and O–H groups in total. The van der Waals surface area contributed by atoms with Crippen molar-refractivity contribution < 1.29 is 14.6 Å². The first-order valence-corrected chi connectivity index (χ1v) is 5.61. The summed E-state index contributed by atoms with van der Waals surface area (Å²) >= 11 is 0. The molecule has 4 heteroatoms. The van der Waals surface area contributed by atoms with Crippen LogP contribution in [0.15, 0.2) is 18.2 Å². The van der Waals surface area contributed by atoms with Gasteiger partial charge in [0.15, 0.2) is 5.75 Å². The van der Waals surface area contributed by atoms with Gasteiger partial charge in [0.25, 0.3) is 0 Å². The van der Waals surface area contributed by atoms with Gasteiger partial charge in [-0.15, -0.1) is 0 Å². The van der Waals surface area contributed by atoms with Crippen LogP contribution in [0.4, 0.5) is 0 Å². The molecule has 17 heavy (non-hydrogen) atoms. The summed E-state index contributed by atoms with van der Waals surface area (Å²) in [6.07, 6.45) is 3.10. The number of nitrogens with zero attached hydrogens (tertiary/aromatic N) is 1. The lowest BCUT2D eigenvalue weighted by molar-refractivity contribution is -0.134. The third-order valence-electron chi connectivity index (χ3n) is 2.29. The predicted molar refractivity (Wildman–Crippen MR) is 62.6 cm³/mol. The molecule has 0 unspecified atom stereocenters. The van der Waals surface area contributed by atoms with Crippen LogP contribution in [0.2, 0.25) is 0 Å². The summed E-state index contributed by atoms with van der Waals surface area (Å²) in [6, 6.07) is 5.98. The van der Waals surface area contributed by atoms with Crippen molar-refractivity contribution in [1.82, 2.24) is 0 Å². The molecule has 0 bridgehead atoms. The molecule has 0 aromatic heterocycles. The summed E-state index contributed by atoms with van der Waals surface area (Å²) in [5, 5.41) is 18.1. The number of phenolic OH excluding ortho intramolecular Hbond substituents is 1. The Morgan fingerprint density at radius 1 is 1.47 bits per heavy atom. The van der Waals surface area contributed by atoms with E-state index in [0.29, 0.717) is 6.42 Å². The summed E-state index contributed by atoms with van der Waals surface area (Å²) in [4.78, 5) is 11.5. The Morgan fingerprint density at radius 2 is 2.24 bits per heavy atom. The minimum absolute atomic E-state index is 0.0274. The average Bonchev–Trinajstić information content (AvgIpc) is 2.29. The molecule has 4 nitrogen and oxygen atoms in total. The van der Waals surface area contributed by atoms with Crippen molar-refractivity contribution in [1.29, 1.82) is 5.26 Å². The lowest BCUT2D eigenvalue weighted by atomic mass is 10.2. The van der Waals surface area contributed by atoms with Crippen LogP contribution in [0.3, 0.4) is 0 Å². The number of nitriles is 1. The van der Waals surface area contributed by atoms with Crippen molar-refractivity contribution >= 4 is 5.97 Å². The van der Waals surface area contributed by atoms with Crippen LogP contribution in [-0.4, -0.2) is 11.1 Å². The molecule has 90 valence electrons. The first-order valence-electron chi connectivity index (χ1n) is 5.61. The maximum atomic E-state index is 11.5. The van der Waals surface area contributed by atoms with Gasteiger partial charge in [-0.25, -0.2) is 0 Å². The molecule has 0 aliphatic carbocycles. The molecule has 0 fully saturated rings. The maximum Gasteiger partial charge on any atom is 0.311 e. The number of esters is 1. The van der Waals surface area contributed by atoms with Crippen molar-refractivity contribution in [2.75, 3.05) is 0 Å². The van der Waals surface area contributed by atoms with Crippen LogP contribution >= 0.6 is 0 Å². The molecule has 0 saturated heterocycles. The topological polar surface area (TPSA) is 70.3 Å². The van der Waals surface area contributed by atoms with E-state index in [1.807, 2.05) is 13.0 Å². The van der Waals surface area contributed by atoms with E-state index >= 15 is 0 Å². The zero-order chi connectivity index (χ0) is 12.7. The Balaban J connectivity index is 2.64. The van der Waals surface area contributed by atoms with Crippen molar-refractivity contribution in [3.63, 3.8) is 0 Å². The number of carbonyl (C=O) groups is 1. The van der Waals surface area contributed by atoms with Gasteiger partial charge < -0.3 is 9.84 Å². The smallest absolute Gasteiger partial charge is 0.311 e. The Kier molecular flexibility index (Phi) is 5.02. The molecule has 0 spiro atoms. The third kappa shape index (κ3) is 4.15. The highest BCUT2D eigenvalue weighted by atomic mass is 16.5. The molecule has 0 saturated carbocycles. The number of phenols is 1. The van der Waals surface area contributed by atoms with E-state index in [1.165, 1.54) is 18.2 Å². The van der Waals surface area contributed by atoms with E-state index in [0.717, 1.165) is 19.3 Å². The molecule has 0 aliphatic heterocycles. The number of aromatic hydroxyl groups is 1. The van der Waals surface area contributed by atoms with Gasteiger partial charge in [-0.3, -0.25) is 4.79 Å². The third-order valence-corrected chi connectivity index (χ3v) is 2.29. The molecule has 0 aliphatic rings. The van der Waals surface area contributed by atoms with Crippen LogP contribution in [0, 0.1) is 11.3 Å². The number of unbranched alkanes of at least 4 members (excludes halogenated alkanes) is 2. The number of hydrogen-bond acceptors (Lipinski definition) is 4. The van der Waals surface area contributed by atoms with Gasteiger partial charge >= 0.3 is 5.97 Å². The van der Waals surface area contributed by atoms with Gasteiger partial charge in [-0.1, -0.05) is 19.8 Å². The summed E-state index contributed by atoms with van der Waals surface area (Å²) in [6.45, 7) is 2.05. The molecule has 0 radical (unpaired) electrons. The molecule has 1 aromatic rings. The van der Waals surface area contributed by atoms with Crippen LogP contribution in [0.5, 0.6) is 11.5 Å². The molecular formula is C13H15NO3. The second-order valence-electron chi connectivity index (χ2n) is 3.72. The fraction of sp³-hybridized carbons (Fsp3) is 0.385. The lowest BCUT2D eigenvalue weighted by Crippen LogP contribution is -2.08. The number of benzene rings is 1. The average molecular weight is 233 g/mol. The first kappa shape index (κ1) is 13.0. The summed E-state index contributed by atoms with van der Waals surface area (Å²) in [5.74, 6) is -0.282. The Hall–Kier alpha value is -2.02. The van der Waals surface area contributed by atoms with Crippen molar-refractivity contribution in [3.8, 4) is 17.6 Å². The Morgan fingerprint density at radius 3 is 2.88 bits per heavy atom. The van der Waals surface area contributed by atoms with E-state index in [1.54, 1.807) is 0 Å². The van der Waals surface area contributed by atoms with Crippen molar-refractivity contribution in [2.45, 2.75) is 32.6 Å². The Labute approximate surface area is 100 Å². The van der Waals surface area contributed by atoms with Gasteiger partial charge in [0.05, 0.1) is 5.56 Å². The van der Waals surface area contributed by atoms with Gasteiger partial charge in [-0.05, 0) is 18.6 Å². The molecule has 1 aromatic carbocycles. The van der Waals surface area contributed by atoms with Crippen LogP contribution in [0.1, 0.15) is 38.2 Å². The van der Waals surface area contributed by atoms with E-state index in [2.05, 4.69) is 0 Å². The molecule has 0 amide bonds. The van der Waals surface area contributed by atoms with Gasteiger partial charge in [0.2, 0.25) is 0 Å². The normalized spacial score (nSPS) is 9.65. The minimum atomic E-state index is -0.374. The molecule has 0 atom stereocenters. The zero-order valence-electron chi connectivity index (χ0n) is 9.77. The monoisotopic (exact) mass is 233 g/mol. The SMILES string of the molecule is CCCCCC(=O)Oc1cc(O)ccc1C#N. The summed E-state index contributed by atoms with van der Waals surface area (Å²) in [7, 11) is 0. The molecule has 1 rings (SSSR count). The standard InChI is InChI=1S/C13H15NO3/c1-2-3-4-5-13(16)17-12-8-11(15)7-6-10(12)9-14/h6-8,15H,2-5H2,1H3. The maximum absolute atomic E-state index is 11.5. The van der Waals surface area contributed by atoms with E-state index in [4.69, 9.17) is 10.00 Å². The summed E-state index contributed by atoms with van der Waals surface area (Å²) < 4.78 is 5.04.